The minimum Gasteiger partial charge on any atom is -0.452 e. The van der Waals surface area contributed by atoms with Crippen molar-refractivity contribution >= 4 is 23.6 Å². The highest BCUT2D eigenvalue weighted by molar-refractivity contribution is 5.97. The Balaban J connectivity index is 1.76. The lowest BCUT2D eigenvalue weighted by Gasteiger charge is -2.29. The van der Waals surface area contributed by atoms with Gasteiger partial charge in [0.15, 0.2) is 6.61 Å². The monoisotopic (exact) mass is 363 g/mol. The molecule has 1 aliphatic rings. The summed E-state index contributed by atoms with van der Waals surface area (Å²) >= 11 is 0. The van der Waals surface area contributed by atoms with Gasteiger partial charge in [0.25, 0.3) is 11.6 Å². The first kappa shape index (κ1) is 19.4. The predicted octanol–water partition coefficient (Wildman–Crippen LogP) is 2.16. The first-order valence-electron chi connectivity index (χ1n) is 8.38. The molecule has 2 rings (SSSR count). The number of non-ortho nitro benzene ring substituents is 1. The SMILES string of the molecule is C[C@@H]1CCCC[C@@H]1NC(=O)NC(=O)COC(=O)c1ccc([N+](=O)[O-])cc1. The first-order chi connectivity index (χ1) is 12.4. The maximum atomic E-state index is 11.8. The van der Waals surface area contributed by atoms with Crippen molar-refractivity contribution in [3.8, 4) is 0 Å². The molecule has 0 heterocycles. The third-order valence-corrected chi connectivity index (χ3v) is 4.33. The lowest BCUT2D eigenvalue weighted by atomic mass is 9.86. The molecule has 9 heteroatoms. The fraction of sp³-hybridized carbons (Fsp3) is 0.471. The maximum absolute atomic E-state index is 11.8. The van der Waals surface area contributed by atoms with Gasteiger partial charge in [0.2, 0.25) is 0 Å². The number of esters is 1. The third-order valence-electron chi connectivity index (χ3n) is 4.33. The minimum atomic E-state index is -0.809. The van der Waals surface area contributed by atoms with E-state index >= 15 is 0 Å². The number of nitrogens with zero attached hydrogens (tertiary/aromatic N) is 1. The topological polar surface area (TPSA) is 128 Å². The molecule has 0 aliphatic heterocycles. The van der Waals surface area contributed by atoms with Crippen molar-refractivity contribution in [2.24, 2.45) is 5.92 Å². The van der Waals surface area contributed by atoms with E-state index in [2.05, 4.69) is 17.6 Å². The molecule has 2 atom stereocenters. The van der Waals surface area contributed by atoms with Crippen molar-refractivity contribution in [2.75, 3.05) is 6.61 Å². The second-order valence-electron chi connectivity index (χ2n) is 6.27. The number of nitro groups is 1. The average Bonchev–Trinajstić information content (AvgIpc) is 2.61. The van der Waals surface area contributed by atoms with Gasteiger partial charge in [-0.2, -0.15) is 0 Å². The van der Waals surface area contributed by atoms with Crippen LogP contribution in [0.3, 0.4) is 0 Å². The van der Waals surface area contributed by atoms with Crippen LogP contribution in [-0.4, -0.2) is 35.5 Å². The number of carbonyl (C=O) groups is 3. The summed E-state index contributed by atoms with van der Waals surface area (Å²) in [7, 11) is 0. The van der Waals surface area contributed by atoms with Crippen LogP contribution in [0.2, 0.25) is 0 Å². The second-order valence-corrected chi connectivity index (χ2v) is 6.27. The van der Waals surface area contributed by atoms with E-state index in [0.29, 0.717) is 5.92 Å². The molecular weight excluding hydrogens is 342 g/mol. The van der Waals surface area contributed by atoms with Crippen LogP contribution in [0.5, 0.6) is 0 Å². The zero-order valence-corrected chi connectivity index (χ0v) is 14.4. The van der Waals surface area contributed by atoms with Crippen molar-refractivity contribution < 1.29 is 24.0 Å². The van der Waals surface area contributed by atoms with E-state index < -0.39 is 29.4 Å². The molecule has 0 radical (unpaired) electrons. The van der Waals surface area contributed by atoms with Gasteiger partial charge in [0, 0.05) is 18.2 Å². The summed E-state index contributed by atoms with van der Waals surface area (Å²) in [6, 6.07) is 4.20. The van der Waals surface area contributed by atoms with E-state index in [0.717, 1.165) is 37.8 Å². The van der Waals surface area contributed by atoms with Gasteiger partial charge in [-0.25, -0.2) is 9.59 Å². The van der Waals surface area contributed by atoms with Gasteiger partial charge in [-0.05, 0) is 30.9 Å². The summed E-state index contributed by atoms with van der Waals surface area (Å²) < 4.78 is 4.80. The van der Waals surface area contributed by atoms with Crippen molar-refractivity contribution in [2.45, 2.75) is 38.6 Å². The first-order valence-corrected chi connectivity index (χ1v) is 8.38. The number of benzene rings is 1. The highest BCUT2D eigenvalue weighted by Crippen LogP contribution is 2.23. The van der Waals surface area contributed by atoms with Crippen LogP contribution in [0.4, 0.5) is 10.5 Å². The number of amides is 3. The van der Waals surface area contributed by atoms with Crippen LogP contribution in [0, 0.1) is 16.0 Å². The van der Waals surface area contributed by atoms with Crippen LogP contribution >= 0.6 is 0 Å². The highest BCUT2D eigenvalue weighted by Gasteiger charge is 2.23. The molecule has 0 bridgehead atoms. The summed E-state index contributed by atoms with van der Waals surface area (Å²) in [5, 5.41) is 15.4. The lowest BCUT2D eigenvalue weighted by molar-refractivity contribution is -0.384. The standard InChI is InChI=1S/C17H21N3O6/c1-11-4-2-3-5-14(11)18-17(23)19-15(21)10-26-16(22)12-6-8-13(9-7-12)20(24)25/h6-9,11,14H,2-5,10H2,1H3,(H2,18,19,21,23)/t11-,14+/m1/s1. The van der Waals surface area contributed by atoms with Crippen LogP contribution < -0.4 is 10.6 Å². The quantitative estimate of drug-likeness (QED) is 0.469. The minimum absolute atomic E-state index is 0.0270. The van der Waals surface area contributed by atoms with Crippen molar-refractivity contribution in [1.82, 2.24) is 10.6 Å². The number of ether oxygens (including phenoxy) is 1. The molecule has 0 saturated heterocycles. The van der Waals surface area contributed by atoms with E-state index in [9.17, 15) is 24.5 Å². The number of hydrogen-bond acceptors (Lipinski definition) is 6. The Kier molecular flexibility index (Phi) is 6.65. The zero-order valence-electron chi connectivity index (χ0n) is 14.4. The number of carbonyl (C=O) groups excluding carboxylic acids is 3. The van der Waals surface area contributed by atoms with Gasteiger partial charge >= 0.3 is 12.0 Å². The number of nitrogens with one attached hydrogen (secondary N) is 2. The lowest BCUT2D eigenvalue weighted by Crippen LogP contribution is -2.48. The summed E-state index contributed by atoms with van der Waals surface area (Å²) in [6.07, 6.45) is 4.08. The Morgan fingerprint density at radius 3 is 2.46 bits per heavy atom. The number of hydrogen-bond donors (Lipinski definition) is 2. The maximum Gasteiger partial charge on any atom is 0.338 e. The molecule has 1 saturated carbocycles. The molecule has 1 aliphatic carbocycles. The molecule has 1 aromatic rings. The van der Waals surface area contributed by atoms with Crippen LogP contribution in [0.15, 0.2) is 24.3 Å². The van der Waals surface area contributed by atoms with E-state index in [1.807, 2.05) is 0 Å². The fourth-order valence-corrected chi connectivity index (χ4v) is 2.83. The number of imide groups is 1. The summed E-state index contributed by atoms with van der Waals surface area (Å²) in [5.74, 6) is -1.21. The molecule has 1 fully saturated rings. The Morgan fingerprint density at radius 2 is 1.85 bits per heavy atom. The van der Waals surface area contributed by atoms with Gasteiger partial charge in [-0.1, -0.05) is 19.8 Å². The average molecular weight is 363 g/mol. The largest absolute Gasteiger partial charge is 0.452 e. The smallest absolute Gasteiger partial charge is 0.338 e. The molecule has 0 unspecified atom stereocenters. The van der Waals surface area contributed by atoms with Crippen molar-refractivity contribution in [1.29, 1.82) is 0 Å². The second kappa shape index (κ2) is 8.93. The molecule has 26 heavy (non-hydrogen) atoms. The van der Waals surface area contributed by atoms with Crippen molar-refractivity contribution in [3.63, 3.8) is 0 Å². The zero-order chi connectivity index (χ0) is 19.1. The highest BCUT2D eigenvalue weighted by atomic mass is 16.6. The molecular formula is C17H21N3O6. The van der Waals surface area contributed by atoms with Crippen LogP contribution in [0.1, 0.15) is 43.0 Å². The molecule has 0 spiro atoms. The molecule has 3 amide bonds. The number of rotatable bonds is 5. The third kappa shape index (κ3) is 5.54. The van der Waals surface area contributed by atoms with Gasteiger partial charge in [-0.3, -0.25) is 20.2 Å². The molecule has 1 aromatic carbocycles. The van der Waals surface area contributed by atoms with Gasteiger partial charge in [0.05, 0.1) is 10.5 Å². The van der Waals surface area contributed by atoms with E-state index in [1.54, 1.807) is 0 Å². The Morgan fingerprint density at radius 1 is 1.19 bits per heavy atom. The number of urea groups is 1. The fourth-order valence-electron chi connectivity index (χ4n) is 2.83. The summed E-state index contributed by atoms with van der Waals surface area (Å²) in [5.41, 5.74) is -0.0863. The van der Waals surface area contributed by atoms with Gasteiger partial charge in [-0.15, -0.1) is 0 Å². The molecule has 140 valence electrons. The molecule has 2 N–H and O–H groups in total. The van der Waals surface area contributed by atoms with E-state index in [-0.39, 0.29) is 17.3 Å². The molecule has 0 aromatic heterocycles. The van der Waals surface area contributed by atoms with Gasteiger partial charge in [0.1, 0.15) is 0 Å². The number of nitro benzene ring substituents is 1. The molecule has 9 nitrogen and oxygen atoms in total. The Hall–Kier alpha value is -2.97. The van der Waals surface area contributed by atoms with Crippen LogP contribution in [-0.2, 0) is 9.53 Å². The van der Waals surface area contributed by atoms with E-state index in [1.165, 1.54) is 12.1 Å². The Bertz CT molecular complexity index is 688. The summed E-state index contributed by atoms with van der Waals surface area (Å²) in [6.45, 7) is 1.43. The normalized spacial score (nSPS) is 19.3. The van der Waals surface area contributed by atoms with Gasteiger partial charge < -0.3 is 10.1 Å². The predicted molar refractivity (Wildman–Crippen MR) is 91.5 cm³/mol. The van der Waals surface area contributed by atoms with Crippen LogP contribution in [0.25, 0.3) is 0 Å². The van der Waals surface area contributed by atoms with E-state index in [4.69, 9.17) is 4.74 Å². The summed E-state index contributed by atoms with van der Waals surface area (Å²) in [4.78, 5) is 45.3. The van der Waals surface area contributed by atoms with Crippen molar-refractivity contribution in [3.05, 3.63) is 39.9 Å². The Labute approximate surface area is 150 Å².